The van der Waals surface area contributed by atoms with Crippen molar-refractivity contribution in [3.63, 3.8) is 0 Å². The summed E-state index contributed by atoms with van der Waals surface area (Å²) < 4.78 is 0. The van der Waals surface area contributed by atoms with Crippen molar-refractivity contribution < 1.29 is 4.79 Å². The van der Waals surface area contributed by atoms with E-state index in [1.165, 1.54) is 11.1 Å². The van der Waals surface area contributed by atoms with Gasteiger partial charge in [0.15, 0.2) is 0 Å². The lowest BCUT2D eigenvalue weighted by Gasteiger charge is -2.09. The molecule has 0 aliphatic carbocycles. The van der Waals surface area contributed by atoms with Crippen molar-refractivity contribution in [2.45, 2.75) is 46.6 Å². The molecule has 20 heavy (non-hydrogen) atoms. The van der Waals surface area contributed by atoms with Crippen molar-refractivity contribution in [1.82, 2.24) is 10.6 Å². The van der Waals surface area contributed by atoms with Crippen LogP contribution in [-0.2, 0) is 11.3 Å². The predicted molar refractivity (Wildman–Crippen MR) is 84.7 cm³/mol. The zero-order valence-electron chi connectivity index (χ0n) is 13.2. The van der Waals surface area contributed by atoms with Gasteiger partial charge < -0.3 is 10.6 Å². The zero-order valence-corrected chi connectivity index (χ0v) is 13.2. The lowest BCUT2D eigenvalue weighted by Crippen LogP contribution is -2.34. The summed E-state index contributed by atoms with van der Waals surface area (Å²) in [5.41, 5.74) is 2.56. The Balaban J connectivity index is 2.21. The van der Waals surface area contributed by atoms with Crippen molar-refractivity contribution in [2.75, 3.05) is 13.1 Å². The highest BCUT2D eigenvalue weighted by molar-refractivity contribution is 5.77. The van der Waals surface area contributed by atoms with Gasteiger partial charge in [-0.2, -0.15) is 0 Å². The number of amides is 1. The fourth-order valence-corrected chi connectivity index (χ4v) is 1.90. The molecule has 1 aromatic rings. The number of nitrogens with one attached hydrogen (secondary N) is 2. The van der Waals surface area contributed by atoms with Crippen LogP contribution in [0.5, 0.6) is 0 Å². The summed E-state index contributed by atoms with van der Waals surface area (Å²) in [7, 11) is 0. The Kier molecular flexibility index (Phi) is 7.31. The van der Waals surface area contributed by atoms with Crippen molar-refractivity contribution in [3.05, 3.63) is 35.4 Å². The highest BCUT2D eigenvalue weighted by Crippen LogP contribution is 2.14. The largest absolute Gasteiger partial charge is 0.355 e. The van der Waals surface area contributed by atoms with Crippen LogP contribution >= 0.6 is 0 Å². The van der Waals surface area contributed by atoms with E-state index in [0.717, 1.165) is 19.5 Å². The maximum atomic E-state index is 11.6. The quantitative estimate of drug-likeness (QED) is 0.766. The van der Waals surface area contributed by atoms with Crippen LogP contribution in [0.1, 0.15) is 51.2 Å². The van der Waals surface area contributed by atoms with Crippen LogP contribution in [0.2, 0.25) is 0 Å². The molecule has 0 aromatic heterocycles. The van der Waals surface area contributed by atoms with Crippen LogP contribution in [0, 0.1) is 5.92 Å². The normalized spacial score (nSPS) is 11.1. The fourth-order valence-electron chi connectivity index (χ4n) is 1.90. The summed E-state index contributed by atoms with van der Waals surface area (Å²) in [6.07, 6.45) is 1.03. The van der Waals surface area contributed by atoms with E-state index in [2.05, 4.69) is 62.6 Å². The van der Waals surface area contributed by atoms with Gasteiger partial charge in [0.25, 0.3) is 0 Å². The minimum atomic E-state index is 0.0736. The number of hydrogen-bond acceptors (Lipinski definition) is 2. The lowest BCUT2D eigenvalue weighted by molar-refractivity contribution is -0.120. The Bertz CT molecular complexity index is 396. The molecule has 0 spiro atoms. The third-order valence-electron chi connectivity index (χ3n) is 3.30. The first-order chi connectivity index (χ1) is 9.49. The summed E-state index contributed by atoms with van der Waals surface area (Å²) in [6, 6.07) is 8.56. The van der Waals surface area contributed by atoms with Gasteiger partial charge in [0, 0.05) is 13.1 Å². The summed E-state index contributed by atoms with van der Waals surface area (Å²) >= 11 is 0. The molecule has 112 valence electrons. The lowest BCUT2D eigenvalue weighted by atomic mass is 10.0. The van der Waals surface area contributed by atoms with E-state index < -0.39 is 0 Å². The topological polar surface area (TPSA) is 41.1 Å². The molecule has 0 saturated heterocycles. The van der Waals surface area contributed by atoms with Gasteiger partial charge >= 0.3 is 0 Å². The molecule has 0 saturated carbocycles. The molecule has 0 unspecified atom stereocenters. The van der Waals surface area contributed by atoms with Crippen LogP contribution in [-0.4, -0.2) is 19.0 Å². The number of carbonyl (C=O) groups is 1. The SMILES string of the molecule is CC(C)CCNC(=O)CNCc1ccc(C(C)C)cc1. The molecule has 2 N–H and O–H groups in total. The average molecular weight is 276 g/mol. The highest BCUT2D eigenvalue weighted by atomic mass is 16.1. The van der Waals surface area contributed by atoms with Crippen LogP contribution in [0.3, 0.4) is 0 Å². The van der Waals surface area contributed by atoms with Crippen LogP contribution in [0.4, 0.5) is 0 Å². The second-order valence-corrected chi connectivity index (χ2v) is 6.03. The Labute approximate surface area is 123 Å². The second kappa shape index (κ2) is 8.75. The van der Waals surface area contributed by atoms with E-state index in [-0.39, 0.29) is 5.91 Å². The summed E-state index contributed by atoms with van der Waals surface area (Å²) in [5.74, 6) is 1.26. The van der Waals surface area contributed by atoms with Crippen molar-refractivity contribution in [1.29, 1.82) is 0 Å². The summed E-state index contributed by atoms with van der Waals surface area (Å²) in [6.45, 7) is 10.6. The molecule has 0 heterocycles. The molecule has 0 aliphatic heterocycles. The molecule has 3 heteroatoms. The summed E-state index contributed by atoms with van der Waals surface area (Å²) in [5, 5.41) is 6.10. The third-order valence-corrected chi connectivity index (χ3v) is 3.30. The van der Waals surface area contributed by atoms with Gasteiger partial charge in [-0.15, -0.1) is 0 Å². The van der Waals surface area contributed by atoms with E-state index >= 15 is 0 Å². The maximum Gasteiger partial charge on any atom is 0.233 e. The molecule has 1 aromatic carbocycles. The van der Waals surface area contributed by atoms with Crippen LogP contribution < -0.4 is 10.6 Å². The minimum Gasteiger partial charge on any atom is -0.355 e. The fraction of sp³-hybridized carbons (Fsp3) is 0.588. The smallest absolute Gasteiger partial charge is 0.233 e. The number of benzene rings is 1. The molecule has 3 nitrogen and oxygen atoms in total. The maximum absolute atomic E-state index is 11.6. The Morgan fingerprint density at radius 3 is 2.30 bits per heavy atom. The van der Waals surface area contributed by atoms with Gasteiger partial charge in [-0.25, -0.2) is 0 Å². The predicted octanol–water partition coefficient (Wildman–Crippen LogP) is 3.06. The van der Waals surface area contributed by atoms with Gasteiger partial charge in [0.1, 0.15) is 0 Å². The van der Waals surface area contributed by atoms with Crippen LogP contribution in [0.15, 0.2) is 24.3 Å². The van der Waals surface area contributed by atoms with Crippen molar-refractivity contribution in [2.24, 2.45) is 5.92 Å². The first-order valence-electron chi connectivity index (χ1n) is 7.55. The Morgan fingerprint density at radius 2 is 1.75 bits per heavy atom. The van der Waals surface area contributed by atoms with Gasteiger partial charge in [0.05, 0.1) is 6.54 Å². The molecule has 0 fully saturated rings. The molecular weight excluding hydrogens is 248 g/mol. The summed E-state index contributed by atoms with van der Waals surface area (Å²) in [4.78, 5) is 11.6. The van der Waals surface area contributed by atoms with E-state index in [0.29, 0.717) is 18.4 Å². The Hall–Kier alpha value is -1.35. The first kappa shape index (κ1) is 16.7. The van der Waals surface area contributed by atoms with E-state index in [9.17, 15) is 4.79 Å². The van der Waals surface area contributed by atoms with E-state index in [1.54, 1.807) is 0 Å². The van der Waals surface area contributed by atoms with E-state index in [4.69, 9.17) is 0 Å². The minimum absolute atomic E-state index is 0.0736. The van der Waals surface area contributed by atoms with Crippen LogP contribution in [0.25, 0.3) is 0 Å². The number of rotatable bonds is 8. The van der Waals surface area contributed by atoms with Gasteiger partial charge in [-0.1, -0.05) is 52.0 Å². The monoisotopic (exact) mass is 276 g/mol. The van der Waals surface area contributed by atoms with Crippen molar-refractivity contribution in [3.8, 4) is 0 Å². The number of carbonyl (C=O) groups excluding carboxylic acids is 1. The molecule has 1 rings (SSSR count). The number of hydrogen-bond donors (Lipinski definition) is 2. The molecule has 0 radical (unpaired) electrons. The third kappa shape index (κ3) is 6.71. The molecular formula is C17H28N2O. The highest BCUT2D eigenvalue weighted by Gasteiger charge is 2.02. The standard InChI is InChI=1S/C17H28N2O/c1-13(2)9-10-19-17(20)12-18-11-15-5-7-16(8-6-15)14(3)4/h5-8,13-14,18H,9-12H2,1-4H3,(H,19,20). The molecule has 0 bridgehead atoms. The van der Waals surface area contributed by atoms with Gasteiger partial charge in [-0.3, -0.25) is 4.79 Å². The molecule has 0 aliphatic rings. The second-order valence-electron chi connectivity index (χ2n) is 6.03. The first-order valence-corrected chi connectivity index (χ1v) is 7.55. The van der Waals surface area contributed by atoms with Gasteiger partial charge in [-0.05, 0) is 29.4 Å². The van der Waals surface area contributed by atoms with E-state index in [1.807, 2.05) is 0 Å². The molecule has 0 atom stereocenters. The van der Waals surface area contributed by atoms with Gasteiger partial charge in [0.2, 0.25) is 5.91 Å². The van der Waals surface area contributed by atoms with Crippen molar-refractivity contribution >= 4 is 5.91 Å². The average Bonchev–Trinajstić information content (AvgIpc) is 2.39. The molecule has 1 amide bonds. The Morgan fingerprint density at radius 1 is 1.10 bits per heavy atom. The zero-order chi connectivity index (χ0) is 15.0.